The number of halogens is 5. The molecular weight excluding hydrogens is 597 g/mol. The Bertz CT molecular complexity index is 1390. The molecule has 44 heavy (non-hydrogen) atoms. The topological polar surface area (TPSA) is 67.6 Å². The Morgan fingerprint density at radius 1 is 0.977 bits per heavy atom. The van der Waals surface area contributed by atoms with Gasteiger partial charge in [-0.25, -0.2) is 4.72 Å². The molecule has 5 nitrogen and oxygen atoms in total. The lowest BCUT2D eigenvalue weighted by atomic mass is 9.99. The Hall–Kier alpha value is -2.99. The van der Waals surface area contributed by atoms with Crippen LogP contribution in [0.25, 0.3) is 16.3 Å². The molecule has 0 bridgehead atoms. The lowest BCUT2D eigenvalue weighted by Crippen LogP contribution is -2.41. The number of fused-ring (bicyclic) bond motifs is 1. The molecule has 3 aromatic rings. The van der Waals surface area contributed by atoms with Gasteiger partial charge < -0.3 is 20.2 Å². The van der Waals surface area contributed by atoms with Crippen molar-refractivity contribution in [3.8, 4) is 5.75 Å². The monoisotopic (exact) mass is 635 g/mol. The van der Waals surface area contributed by atoms with Crippen LogP contribution in [-0.2, 0) is 10.7 Å². The van der Waals surface area contributed by atoms with E-state index in [0.29, 0.717) is 10.9 Å². The van der Waals surface area contributed by atoms with Gasteiger partial charge >= 0.3 is 6.18 Å². The molecule has 3 N–H and O–H groups in total. The van der Waals surface area contributed by atoms with Crippen LogP contribution in [0.3, 0.4) is 0 Å². The summed E-state index contributed by atoms with van der Waals surface area (Å²) in [6.07, 6.45) is 2.46. The van der Waals surface area contributed by atoms with Crippen LogP contribution in [0.1, 0.15) is 49.7 Å². The van der Waals surface area contributed by atoms with Crippen molar-refractivity contribution in [1.82, 2.24) is 9.62 Å². The number of benzene rings is 3. The SMILES string of the molecule is C=C(c1ccc(C(F)(F)C(C=O)NSc2ccc3cc(OC4CCCC4)ccc3c2)cc1)C(F)(F)F.CN1CCC(N)CC1. The van der Waals surface area contributed by atoms with E-state index in [-0.39, 0.29) is 18.0 Å². The lowest BCUT2D eigenvalue weighted by Gasteiger charge is -2.25. The minimum atomic E-state index is -4.67. The van der Waals surface area contributed by atoms with Gasteiger partial charge in [0.2, 0.25) is 0 Å². The number of aldehydes is 1. The van der Waals surface area contributed by atoms with Crippen molar-refractivity contribution in [3.63, 3.8) is 0 Å². The van der Waals surface area contributed by atoms with E-state index in [1.54, 1.807) is 6.07 Å². The first-order chi connectivity index (χ1) is 20.9. The van der Waals surface area contributed by atoms with Gasteiger partial charge in [-0.05, 0) is 111 Å². The number of hydrogen-bond acceptors (Lipinski definition) is 6. The minimum absolute atomic E-state index is 0.0865. The molecule has 5 rings (SSSR count). The zero-order valence-corrected chi connectivity index (χ0v) is 25.4. The molecule has 238 valence electrons. The Balaban J connectivity index is 0.000000479. The number of likely N-dealkylation sites (tertiary alicyclic amines) is 1. The minimum Gasteiger partial charge on any atom is -0.490 e. The Morgan fingerprint density at radius 3 is 2.18 bits per heavy atom. The van der Waals surface area contributed by atoms with Crippen molar-refractivity contribution in [1.29, 1.82) is 0 Å². The smallest absolute Gasteiger partial charge is 0.416 e. The molecule has 2 aliphatic rings. The maximum Gasteiger partial charge on any atom is 0.416 e. The Labute approximate surface area is 259 Å². The summed E-state index contributed by atoms with van der Waals surface area (Å²) in [5, 5.41) is 1.82. The molecule has 0 amide bonds. The molecule has 0 spiro atoms. The van der Waals surface area contributed by atoms with Gasteiger partial charge in [-0.15, -0.1) is 0 Å². The number of nitrogens with two attached hydrogens (primary N) is 1. The van der Waals surface area contributed by atoms with E-state index in [9.17, 15) is 26.7 Å². The average Bonchev–Trinajstić information content (AvgIpc) is 3.51. The maximum atomic E-state index is 15.0. The zero-order chi connectivity index (χ0) is 31.9. The number of alkyl halides is 5. The van der Waals surface area contributed by atoms with Gasteiger partial charge in [0.1, 0.15) is 18.1 Å². The fraction of sp³-hybridized carbons (Fsp3) is 0.424. The first kappa shape index (κ1) is 33.9. The highest BCUT2D eigenvalue weighted by Crippen LogP contribution is 2.37. The molecule has 1 atom stereocenters. The van der Waals surface area contributed by atoms with Crippen molar-refractivity contribution in [2.45, 2.75) is 73.7 Å². The van der Waals surface area contributed by atoms with Crippen molar-refractivity contribution in [2.75, 3.05) is 20.1 Å². The average molecular weight is 636 g/mol. The van der Waals surface area contributed by atoms with E-state index in [4.69, 9.17) is 10.5 Å². The van der Waals surface area contributed by atoms with Crippen LogP contribution in [0.2, 0.25) is 0 Å². The van der Waals surface area contributed by atoms with Crippen LogP contribution < -0.4 is 15.2 Å². The summed E-state index contributed by atoms with van der Waals surface area (Å²) in [4.78, 5) is 14.5. The van der Waals surface area contributed by atoms with Gasteiger partial charge in [-0.2, -0.15) is 22.0 Å². The number of carbonyl (C=O) groups excluding carboxylic acids is 1. The molecule has 0 radical (unpaired) electrons. The fourth-order valence-corrected chi connectivity index (χ4v) is 5.91. The molecule has 1 heterocycles. The second-order valence-electron chi connectivity index (χ2n) is 11.3. The summed E-state index contributed by atoms with van der Waals surface area (Å²) in [6, 6.07) is 13.3. The third-order valence-corrected chi connectivity index (χ3v) is 8.80. The standard InChI is InChI=1S/C27H24F5NO2S.C6H14N2/c1-17(27(30,31)32)18-6-10-21(11-7-18)26(28,29)25(16-34)33-36-24-13-9-19-14-23(12-8-20(19)15-24)35-22-4-2-3-5-22;1-8-4-2-6(7)3-5-8/h6-16,22,25,33H,1-5H2;6H,2-5,7H2,1H3. The van der Waals surface area contributed by atoms with E-state index < -0.39 is 29.3 Å². The van der Waals surface area contributed by atoms with Crippen LogP contribution in [0.15, 0.2) is 72.1 Å². The first-order valence-electron chi connectivity index (χ1n) is 14.6. The summed E-state index contributed by atoms with van der Waals surface area (Å²) < 4.78 is 76.9. The molecule has 3 aromatic carbocycles. The second kappa shape index (κ2) is 14.9. The van der Waals surface area contributed by atoms with E-state index in [1.165, 1.54) is 38.8 Å². The van der Waals surface area contributed by atoms with Crippen LogP contribution >= 0.6 is 11.9 Å². The third kappa shape index (κ3) is 9.03. The molecule has 11 heteroatoms. The fourth-order valence-electron chi connectivity index (χ4n) is 5.12. The predicted octanol–water partition coefficient (Wildman–Crippen LogP) is 7.73. The largest absolute Gasteiger partial charge is 0.490 e. The van der Waals surface area contributed by atoms with Crippen molar-refractivity contribution < 1.29 is 31.5 Å². The number of nitrogens with one attached hydrogen (secondary N) is 1. The van der Waals surface area contributed by atoms with Crippen LogP contribution in [-0.4, -0.2) is 55.7 Å². The van der Waals surface area contributed by atoms with Crippen LogP contribution in [0.5, 0.6) is 5.75 Å². The van der Waals surface area contributed by atoms with Gasteiger partial charge in [0.05, 0.1) is 11.7 Å². The number of allylic oxidation sites excluding steroid dienone is 1. The first-order valence-corrected chi connectivity index (χ1v) is 15.5. The number of rotatable bonds is 9. The van der Waals surface area contributed by atoms with Crippen molar-refractivity contribution in [3.05, 3.63) is 78.4 Å². The molecule has 2 fully saturated rings. The van der Waals surface area contributed by atoms with E-state index in [0.717, 1.165) is 65.6 Å². The van der Waals surface area contributed by atoms with Crippen LogP contribution in [0.4, 0.5) is 22.0 Å². The lowest BCUT2D eigenvalue weighted by molar-refractivity contribution is -0.119. The van der Waals surface area contributed by atoms with Crippen molar-refractivity contribution >= 4 is 34.6 Å². The summed E-state index contributed by atoms with van der Waals surface area (Å²) in [5.74, 6) is -2.87. The van der Waals surface area contributed by atoms with Gasteiger partial charge in [0, 0.05) is 16.5 Å². The highest BCUT2D eigenvalue weighted by atomic mass is 32.2. The normalized spacial score (nSPS) is 17.6. The number of ether oxygens (including phenoxy) is 1. The van der Waals surface area contributed by atoms with Gasteiger partial charge in [0.25, 0.3) is 5.92 Å². The highest BCUT2D eigenvalue weighted by Gasteiger charge is 2.42. The number of hydrogen-bond donors (Lipinski definition) is 2. The van der Waals surface area contributed by atoms with Gasteiger partial charge in [-0.1, -0.05) is 43.0 Å². The molecular formula is C33H38F5N3O2S. The number of carbonyl (C=O) groups is 1. The van der Waals surface area contributed by atoms with E-state index >= 15 is 0 Å². The van der Waals surface area contributed by atoms with Crippen LogP contribution in [0, 0.1) is 0 Å². The Kier molecular flexibility index (Phi) is 11.4. The number of nitrogens with zero attached hydrogens (tertiary/aromatic N) is 1. The maximum absolute atomic E-state index is 15.0. The van der Waals surface area contributed by atoms with E-state index in [2.05, 4.69) is 23.2 Å². The van der Waals surface area contributed by atoms with Gasteiger partial charge in [-0.3, -0.25) is 0 Å². The summed E-state index contributed by atoms with van der Waals surface area (Å²) >= 11 is 0.876. The Morgan fingerprint density at radius 2 is 1.59 bits per heavy atom. The predicted molar refractivity (Wildman–Crippen MR) is 166 cm³/mol. The molecule has 1 unspecified atom stereocenters. The third-order valence-electron chi connectivity index (χ3n) is 7.94. The summed E-state index contributed by atoms with van der Waals surface area (Å²) in [6.45, 7) is 5.32. The second-order valence-corrected chi connectivity index (χ2v) is 12.3. The molecule has 1 aliphatic carbocycles. The molecule has 0 aromatic heterocycles. The van der Waals surface area contributed by atoms with Crippen molar-refractivity contribution in [2.24, 2.45) is 5.73 Å². The summed E-state index contributed by atoms with van der Waals surface area (Å²) in [5.41, 5.74) is 3.63. The van der Waals surface area contributed by atoms with E-state index in [1.807, 2.05) is 30.3 Å². The van der Waals surface area contributed by atoms with Gasteiger partial charge in [0.15, 0.2) is 0 Å². The number of piperidine rings is 1. The highest BCUT2D eigenvalue weighted by molar-refractivity contribution is 7.97. The quantitative estimate of drug-likeness (QED) is 0.143. The summed E-state index contributed by atoms with van der Waals surface area (Å²) in [7, 11) is 2.14. The molecule has 1 aliphatic heterocycles. The molecule has 1 saturated heterocycles. The zero-order valence-electron chi connectivity index (χ0n) is 24.6. The molecule has 1 saturated carbocycles.